The van der Waals surface area contributed by atoms with Crippen molar-refractivity contribution in [2.45, 2.75) is 65.7 Å². The molecule has 0 aromatic heterocycles. The van der Waals surface area contributed by atoms with Gasteiger partial charge in [0.25, 0.3) is 0 Å². The van der Waals surface area contributed by atoms with Gasteiger partial charge in [-0.15, -0.1) is 0 Å². The monoisotopic (exact) mass is 213 g/mol. The molecule has 0 aromatic rings. The molecule has 92 valence electrons. The SMILES string of the molecule is CNCCCCCC(C)CCCC(C)C. The van der Waals surface area contributed by atoms with Gasteiger partial charge in [-0.3, -0.25) is 0 Å². The van der Waals surface area contributed by atoms with Crippen LogP contribution in [0.25, 0.3) is 0 Å². The highest BCUT2D eigenvalue weighted by atomic mass is 14.8. The molecule has 0 aliphatic carbocycles. The van der Waals surface area contributed by atoms with Crippen molar-refractivity contribution in [3.8, 4) is 0 Å². The molecule has 0 spiro atoms. The molecule has 15 heavy (non-hydrogen) atoms. The second kappa shape index (κ2) is 10.5. The Balaban J connectivity index is 3.15. The van der Waals surface area contributed by atoms with Crippen LogP contribution in [-0.2, 0) is 0 Å². The molecule has 0 rings (SSSR count). The van der Waals surface area contributed by atoms with Crippen LogP contribution in [0.2, 0.25) is 0 Å². The highest BCUT2D eigenvalue weighted by molar-refractivity contribution is 4.56. The molecule has 0 fully saturated rings. The van der Waals surface area contributed by atoms with Gasteiger partial charge in [0, 0.05) is 0 Å². The lowest BCUT2D eigenvalue weighted by Crippen LogP contribution is -2.07. The Morgan fingerprint density at radius 3 is 2.07 bits per heavy atom. The number of rotatable bonds is 10. The fraction of sp³-hybridized carbons (Fsp3) is 1.00. The maximum Gasteiger partial charge on any atom is -0.00519 e. The van der Waals surface area contributed by atoms with Crippen LogP contribution in [0.5, 0.6) is 0 Å². The van der Waals surface area contributed by atoms with Gasteiger partial charge in [-0.05, 0) is 31.8 Å². The largest absolute Gasteiger partial charge is 0.320 e. The van der Waals surface area contributed by atoms with Gasteiger partial charge in [0.2, 0.25) is 0 Å². The van der Waals surface area contributed by atoms with Crippen molar-refractivity contribution < 1.29 is 0 Å². The van der Waals surface area contributed by atoms with E-state index in [-0.39, 0.29) is 0 Å². The Hall–Kier alpha value is -0.0400. The summed E-state index contributed by atoms with van der Waals surface area (Å²) in [7, 11) is 2.04. The lowest BCUT2D eigenvalue weighted by molar-refractivity contribution is 0.419. The van der Waals surface area contributed by atoms with Crippen molar-refractivity contribution in [3.05, 3.63) is 0 Å². The van der Waals surface area contributed by atoms with E-state index < -0.39 is 0 Å². The summed E-state index contributed by atoms with van der Waals surface area (Å²) in [4.78, 5) is 0. The summed E-state index contributed by atoms with van der Waals surface area (Å²) in [5.41, 5.74) is 0. The maximum absolute atomic E-state index is 3.20. The molecule has 0 radical (unpaired) electrons. The van der Waals surface area contributed by atoms with Crippen LogP contribution in [0.15, 0.2) is 0 Å². The lowest BCUT2D eigenvalue weighted by Gasteiger charge is -2.11. The lowest BCUT2D eigenvalue weighted by atomic mass is 9.95. The van der Waals surface area contributed by atoms with Gasteiger partial charge >= 0.3 is 0 Å². The summed E-state index contributed by atoms with van der Waals surface area (Å²) in [5, 5.41) is 3.20. The van der Waals surface area contributed by atoms with Crippen LogP contribution in [0.1, 0.15) is 65.7 Å². The first-order chi connectivity index (χ1) is 7.16. The third kappa shape index (κ3) is 11.9. The molecule has 0 aromatic carbocycles. The van der Waals surface area contributed by atoms with Crippen LogP contribution in [-0.4, -0.2) is 13.6 Å². The normalized spacial score (nSPS) is 13.4. The van der Waals surface area contributed by atoms with Crippen molar-refractivity contribution in [2.24, 2.45) is 11.8 Å². The van der Waals surface area contributed by atoms with Crippen LogP contribution < -0.4 is 5.32 Å². The van der Waals surface area contributed by atoms with E-state index in [0.717, 1.165) is 11.8 Å². The van der Waals surface area contributed by atoms with E-state index >= 15 is 0 Å². The molecule has 0 bridgehead atoms. The van der Waals surface area contributed by atoms with Crippen LogP contribution >= 0.6 is 0 Å². The maximum atomic E-state index is 3.20. The van der Waals surface area contributed by atoms with Crippen molar-refractivity contribution >= 4 is 0 Å². The Labute approximate surface area is 97.0 Å². The molecule has 1 atom stereocenters. The minimum Gasteiger partial charge on any atom is -0.320 e. The van der Waals surface area contributed by atoms with Gasteiger partial charge in [-0.25, -0.2) is 0 Å². The molecule has 1 unspecified atom stereocenters. The van der Waals surface area contributed by atoms with Crippen molar-refractivity contribution in [1.82, 2.24) is 5.32 Å². The van der Waals surface area contributed by atoms with Gasteiger partial charge < -0.3 is 5.32 Å². The molecule has 1 N–H and O–H groups in total. The molecule has 0 aliphatic rings. The molecular weight excluding hydrogens is 182 g/mol. The summed E-state index contributed by atoms with van der Waals surface area (Å²) < 4.78 is 0. The van der Waals surface area contributed by atoms with Crippen LogP contribution in [0.3, 0.4) is 0 Å². The van der Waals surface area contributed by atoms with Crippen molar-refractivity contribution in [1.29, 1.82) is 0 Å². The fourth-order valence-electron chi connectivity index (χ4n) is 1.99. The molecule has 0 aliphatic heterocycles. The molecule has 0 amide bonds. The summed E-state index contributed by atoms with van der Waals surface area (Å²) in [6.07, 6.45) is 9.86. The van der Waals surface area contributed by atoms with Crippen molar-refractivity contribution in [2.75, 3.05) is 13.6 Å². The Morgan fingerprint density at radius 2 is 1.47 bits per heavy atom. The first-order valence-corrected chi connectivity index (χ1v) is 6.81. The van der Waals surface area contributed by atoms with Gasteiger partial charge in [0.05, 0.1) is 0 Å². The minimum absolute atomic E-state index is 0.882. The number of hydrogen-bond donors (Lipinski definition) is 1. The topological polar surface area (TPSA) is 12.0 Å². The zero-order chi connectivity index (χ0) is 11.5. The Morgan fingerprint density at radius 1 is 0.800 bits per heavy atom. The summed E-state index contributed by atoms with van der Waals surface area (Å²) in [6, 6.07) is 0. The van der Waals surface area contributed by atoms with Gasteiger partial charge in [0.1, 0.15) is 0 Å². The van der Waals surface area contributed by atoms with E-state index in [2.05, 4.69) is 26.1 Å². The number of nitrogens with one attached hydrogen (secondary N) is 1. The Kier molecular flexibility index (Phi) is 10.4. The average Bonchev–Trinajstić information content (AvgIpc) is 2.17. The van der Waals surface area contributed by atoms with Gasteiger partial charge in [-0.1, -0.05) is 59.3 Å². The standard InChI is InChI=1S/C14H31N/c1-13(2)9-8-11-14(3)10-6-5-7-12-15-4/h13-15H,5-12H2,1-4H3. The highest BCUT2D eigenvalue weighted by Crippen LogP contribution is 2.17. The second-order valence-corrected chi connectivity index (χ2v) is 5.38. The summed E-state index contributed by atoms with van der Waals surface area (Å²) in [5.74, 6) is 1.83. The molecular formula is C14H31N. The molecule has 1 heteroatoms. The van der Waals surface area contributed by atoms with E-state index in [1.165, 1.54) is 51.5 Å². The van der Waals surface area contributed by atoms with E-state index in [4.69, 9.17) is 0 Å². The second-order valence-electron chi connectivity index (χ2n) is 5.38. The van der Waals surface area contributed by atoms with Gasteiger partial charge in [-0.2, -0.15) is 0 Å². The molecule has 0 saturated heterocycles. The zero-order valence-corrected chi connectivity index (χ0v) is 11.3. The van der Waals surface area contributed by atoms with E-state index in [9.17, 15) is 0 Å². The summed E-state index contributed by atoms with van der Waals surface area (Å²) in [6.45, 7) is 8.24. The van der Waals surface area contributed by atoms with Crippen LogP contribution in [0, 0.1) is 11.8 Å². The minimum atomic E-state index is 0.882. The third-order valence-electron chi connectivity index (χ3n) is 3.10. The third-order valence-corrected chi connectivity index (χ3v) is 3.10. The Bertz CT molecular complexity index is 121. The predicted molar refractivity (Wildman–Crippen MR) is 70.2 cm³/mol. The van der Waals surface area contributed by atoms with E-state index in [1.54, 1.807) is 0 Å². The fourth-order valence-corrected chi connectivity index (χ4v) is 1.99. The molecule has 0 saturated carbocycles. The number of unbranched alkanes of at least 4 members (excludes halogenated alkanes) is 2. The first kappa shape index (κ1) is 15.0. The van der Waals surface area contributed by atoms with E-state index in [1.807, 2.05) is 7.05 Å². The first-order valence-electron chi connectivity index (χ1n) is 6.81. The highest BCUT2D eigenvalue weighted by Gasteiger charge is 2.02. The molecule has 0 heterocycles. The quantitative estimate of drug-likeness (QED) is 0.536. The zero-order valence-electron chi connectivity index (χ0n) is 11.3. The van der Waals surface area contributed by atoms with Crippen molar-refractivity contribution in [3.63, 3.8) is 0 Å². The van der Waals surface area contributed by atoms with E-state index in [0.29, 0.717) is 0 Å². The number of hydrogen-bond acceptors (Lipinski definition) is 1. The van der Waals surface area contributed by atoms with Gasteiger partial charge in [0.15, 0.2) is 0 Å². The smallest absolute Gasteiger partial charge is 0.00519 e. The average molecular weight is 213 g/mol. The summed E-state index contributed by atoms with van der Waals surface area (Å²) >= 11 is 0. The van der Waals surface area contributed by atoms with Crippen LogP contribution in [0.4, 0.5) is 0 Å². The molecule has 1 nitrogen and oxygen atoms in total. The predicted octanol–water partition coefficient (Wildman–Crippen LogP) is 4.23.